The maximum absolute atomic E-state index is 11.0. The fourth-order valence-corrected chi connectivity index (χ4v) is 2.75. The van der Waals surface area contributed by atoms with Gasteiger partial charge in [0.15, 0.2) is 0 Å². The first-order chi connectivity index (χ1) is 9.06. The highest BCUT2D eigenvalue weighted by atomic mass is 79.9. The van der Waals surface area contributed by atoms with E-state index >= 15 is 0 Å². The van der Waals surface area contributed by atoms with Crippen molar-refractivity contribution in [2.45, 2.75) is 25.4 Å². The molecule has 0 atom stereocenters. The van der Waals surface area contributed by atoms with Crippen molar-refractivity contribution in [2.24, 2.45) is 0 Å². The Kier molecular flexibility index (Phi) is 4.90. The summed E-state index contributed by atoms with van der Waals surface area (Å²) in [4.78, 5) is 13.0. The molecule has 19 heavy (non-hydrogen) atoms. The van der Waals surface area contributed by atoms with Crippen molar-refractivity contribution in [3.05, 3.63) is 38.3 Å². The minimum Gasteiger partial charge on any atom is -0.310 e. The molecule has 5 nitrogen and oxygen atoms in total. The molecule has 1 aromatic rings. The average molecular weight is 328 g/mol. The molecule has 0 saturated carbocycles. The predicted octanol–water partition coefficient (Wildman–Crippen LogP) is 2.54. The Bertz CT molecular complexity index is 459. The van der Waals surface area contributed by atoms with Crippen molar-refractivity contribution in [1.29, 1.82) is 0 Å². The minimum absolute atomic E-state index is 0.184. The molecule has 0 aliphatic carbocycles. The summed E-state index contributed by atoms with van der Waals surface area (Å²) in [6.07, 6.45) is 2.19. The third kappa shape index (κ3) is 3.99. The van der Waals surface area contributed by atoms with Crippen molar-refractivity contribution in [3.8, 4) is 0 Å². The topological polar surface area (TPSA) is 58.4 Å². The molecule has 0 radical (unpaired) electrons. The number of benzene rings is 1. The predicted molar refractivity (Wildman–Crippen MR) is 78.2 cm³/mol. The second-order valence-electron chi connectivity index (χ2n) is 4.99. The molecule has 0 spiro atoms. The Balaban J connectivity index is 1.98. The lowest BCUT2D eigenvalue weighted by molar-refractivity contribution is -0.385. The zero-order valence-corrected chi connectivity index (χ0v) is 12.5. The van der Waals surface area contributed by atoms with E-state index in [1.807, 2.05) is 6.07 Å². The van der Waals surface area contributed by atoms with Crippen molar-refractivity contribution in [1.82, 2.24) is 10.2 Å². The molecule has 104 valence electrons. The lowest BCUT2D eigenvalue weighted by Gasteiger charge is -2.29. The van der Waals surface area contributed by atoms with Crippen LogP contribution in [0.4, 0.5) is 5.69 Å². The van der Waals surface area contributed by atoms with Crippen LogP contribution in [-0.2, 0) is 6.54 Å². The Morgan fingerprint density at radius 2 is 2.16 bits per heavy atom. The number of piperidine rings is 1. The Morgan fingerprint density at radius 1 is 1.47 bits per heavy atom. The molecule has 0 aromatic heterocycles. The average Bonchev–Trinajstić information content (AvgIpc) is 2.38. The highest BCUT2D eigenvalue weighted by molar-refractivity contribution is 9.10. The molecule has 1 N–H and O–H groups in total. The molecule has 1 fully saturated rings. The van der Waals surface area contributed by atoms with Crippen LogP contribution in [0, 0.1) is 10.1 Å². The standard InChI is InChI=1S/C13H18BrN3O2/c1-16-6-4-12(5-7-16)15-9-10-8-11(14)2-3-13(10)17(18)19/h2-3,8,12,15H,4-7,9H2,1H3. The molecule has 0 amide bonds. The van der Waals surface area contributed by atoms with Gasteiger partial charge in [-0.25, -0.2) is 0 Å². The van der Waals surface area contributed by atoms with Gasteiger partial charge in [-0.15, -0.1) is 0 Å². The zero-order chi connectivity index (χ0) is 13.8. The van der Waals surface area contributed by atoms with Gasteiger partial charge in [0, 0.05) is 28.7 Å². The molecule has 0 bridgehead atoms. The van der Waals surface area contributed by atoms with E-state index in [4.69, 9.17) is 0 Å². The van der Waals surface area contributed by atoms with Crippen LogP contribution in [0.15, 0.2) is 22.7 Å². The number of nitro groups is 1. The SMILES string of the molecule is CN1CCC(NCc2cc(Br)ccc2[N+](=O)[O-])CC1. The molecule has 2 rings (SSSR count). The van der Waals surface area contributed by atoms with Gasteiger partial charge in [-0.1, -0.05) is 15.9 Å². The van der Waals surface area contributed by atoms with E-state index in [9.17, 15) is 10.1 Å². The molecule has 1 aromatic carbocycles. The second-order valence-corrected chi connectivity index (χ2v) is 5.90. The van der Waals surface area contributed by atoms with E-state index in [0.29, 0.717) is 12.6 Å². The second kappa shape index (κ2) is 6.45. The van der Waals surface area contributed by atoms with Crippen LogP contribution in [0.2, 0.25) is 0 Å². The number of hydrogen-bond donors (Lipinski definition) is 1. The van der Waals surface area contributed by atoms with E-state index in [-0.39, 0.29) is 10.6 Å². The monoisotopic (exact) mass is 327 g/mol. The number of nitrogens with one attached hydrogen (secondary N) is 1. The summed E-state index contributed by atoms with van der Waals surface area (Å²) in [5.74, 6) is 0. The van der Waals surface area contributed by atoms with Gasteiger partial charge in [-0.2, -0.15) is 0 Å². The van der Waals surface area contributed by atoms with E-state index in [0.717, 1.165) is 36.0 Å². The van der Waals surface area contributed by atoms with Crippen molar-refractivity contribution in [2.75, 3.05) is 20.1 Å². The maximum atomic E-state index is 11.0. The van der Waals surface area contributed by atoms with Gasteiger partial charge in [0.2, 0.25) is 0 Å². The highest BCUT2D eigenvalue weighted by Crippen LogP contribution is 2.23. The van der Waals surface area contributed by atoms with E-state index in [1.165, 1.54) is 0 Å². The molecule has 1 aliphatic rings. The number of rotatable bonds is 4. The maximum Gasteiger partial charge on any atom is 0.273 e. The molecular formula is C13H18BrN3O2. The summed E-state index contributed by atoms with van der Waals surface area (Å²) in [5, 5.41) is 14.4. The Hall–Kier alpha value is -0.980. The third-order valence-electron chi connectivity index (χ3n) is 3.54. The number of hydrogen-bond acceptors (Lipinski definition) is 4. The summed E-state index contributed by atoms with van der Waals surface area (Å²) in [6.45, 7) is 2.71. The minimum atomic E-state index is -0.321. The largest absolute Gasteiger partial charge is 0.310 e. The summed E-state index contributed by atoms with van der Waals surface area (Å²) < 4.78 is 0.873. The van der Waals surface area contributed by atoms with E-state index < -0.39 is 0 Å². The number of nitro benzene ring substituents is 1. The first-order valence-electron chi connectivity index (χ1n) is 6.41. The van der Waals surface area contributed by atoms with Crippen LogP contribution in [0.5, 0.6) is 0 Å². The molecule has 1 heterocycles. The molecular weight excluding hydrogens is 310 g/mol. The van der Waals surface area contributed by atoms with Gasteiger partial charge in [-0.3, -0.25) is 10.1 Å². The van der Waals surface area contributed by atoms with Gasteiger partial charge >= 0.3 is 0 Å². The van der Waals surface area contributed by atoms with E-state index in [1.54, 1.807) is 12.1 Å². The normalized spacial score (nSPS) is 17.6. The van der Waals surface area contributed by atoms with Crippen molar-refractivity contribution >= 4 is 21.6 Å². The van der Waals surface area contributed by atoms with Gasteiger partial charge in [0.1, 0.15) is 0 Å². The summed E-state index contributed by atoms with van der Waals surface area (Å²) in [6, 6.07) is 5.53. The lowest BCUT2D eigenvalue weighted by Crippen LogP contribution is -2.40. The Morgan fingerprint density at radius 3 is 2.79 bits per heavy atom. The van der Waals surface area contributed by atoms with Crippen molar-refractivity contribution < 1.29 is 4.92 Å². The van der Waals surface area contributed by atoms with Gasteiger partial charge < -0.3 is 10.2 Å². The molecule has 1 saturated heterocycles. The lowest BCUT2D eigenvalue weighted by atomic mass is 10.0. The fraction of sp³-hybridized carbons (Fsp3) is 0.538. The van der Waals surface area contributed by atoms with Gasteiger partial charge in [0.25, 0.3) is 5.69 Å². The quantitative estimate of drug-likeness (QED) is 0.682. The third-order valence-corrected chi connectivity index (χ3v) is 4.03. The molecule has 0 unspecified atom stereocenters. The first kappa shape index (κ1) is 14.4. The number of nitrogens with zero attached hydrogens (tertiary/aromatic N) is 2. The van der Waals surface area contributed by atoms with Gasteiger partial charge in [-0.05, 0) is 45.1 Å². The summed E-state index contributed by atoms with van der Waals surface area (Å²) >= 11 is 3.36. The zero-order valence-electron chi connectivity index (χ0n) is 10.9. The van der Waals surface area contributed by atoms with Gasteiger partial charge in [0.05, 0.1) is 4.92 Å². The van der Waals surface area contributed by atoms with E-state index in [2.05, 4.69) is 33.2 Å². The van der Waals surface area contributed by atoms with Crippen molar-refractivity contribution in [3.63, 3.8) is 0 Å². The summed E-state index contributed by atoms with van der Waals surface area (Å²) in [5.41, 5.74) is 0.918. The molecule has 6 heteroatoms. The number of halogens is 1. The highest BCUT2D eigenvalue weighted by Gasteiger charge is 2.18. The van der Waals surface area contributed by atoms with Crippen LogP contribution < -0.4 is 5.32 Å². The molecule has 1 aliphatic heterocycles. The van der Waals surface area contributed by atoms with Crippen LogP contribution in [0.3, 0.4) is 0 Å². The fourth-order valence-electron chi connectivity index (χ4n) is 2.34. The number of likely N-dealkylation sites (tertiary alicyclic amines) is 1. The van der Waals surface area contributed by atoms with Crippen LogP contribution in [-0.4, -0.2) is 36.0 Å². The van der Waals surface area contributed by atoms with Crippen LogP contribution in [0.25, 0.3) is 0 Å². The smallest absolute Gasteiger partial charge is 0.273 e. The summed E-state index contributed by atoms with van der Waals surface area (Å²) in [7, 11) is 2.12. The Labute approximate surface area is 121 Å². The van der Waals surface area contributed by atoms with Crippen LogP contribution in [0.1, 0.15) is 18.4 Å². The first-order valence-corrected chi connectivity index (χ1v) is 7.20. The van der Waals surface area contributed by atoms with Crippen LogP contribution >= 0.6 is 15.9 Å².